The van der Waals surface area contributed by atoms with Crippen LogP contribution in [-0.4, -0.2) is 0 Å². The molecule has 0 radical (unpaired) electrons. The van der Waals surface area contributed by atoms with Crippen molar-refractivity contribution in [3.05, 3.63) is 29.8 Å². The van der Waals surface area contributed by atoms with Crippen LogP contribution in [0.4, 0.5) is 5.69 Å². The molecular formula is C20H35N. The van der Waals surface area contributed by atoms with Gasteiger partial charge in [-0.25, -0.2) is 0 Å². The maximum absolute atomic E-state index is 5.85. The quantitative estimate of drug-likeness (QED) is 0.367. The number of rotatable bonds is 11. The topological polar surface area (TPSA) is 26.0 Å². The molecule has 1 atom stereocenters. The summed E-state index contributed by atoms with van der Waals surface area (Å²) >= 11 is 0. The third kappa shape index (κ3) is 6.54. The number of nitrogen functional groups attached to an aromatic ring is 1. The molecular weight excluding hydrogens is 254 g/mol. The summed E-state index contributed by atoms with van der Waals surface area (Å²) in [6.07, 6.45) is 13.4. The molecule has 0 spiro atoms. The van der Waals surface area contributed by atoms with E-state index in [1.54, 1.807) is 0 Å². The molecule has 1 unspecified atom stereocenters. The van der Waals surface area contributed by atoms with Gasteiger partial charge in [0.05, 0.1) is 0 Å². The minimum atomic E-state index is 0.328. The van der Waals surface area contributed by atoms with Crippen LogP contribution in [0.1, 0.15) is 90.5 Å². The molecule has 0 bridgehead atoms. The first-order chi connectivity index (χ1) is 10.1. The highest BCUT2D eigenvalue weighted by Crippen LogP contribution is 2.35. The summed E-state index contributed by atoms with van der Waals surface area (Å²) in [4.78, 5) is 0. The molecule has 0 aromatic heterocycles. The average molecular weight is 290 g/mol. The minimum Gasteiger partial charge on any atom is -0.399 e. The first-order valence-electron chi connectivity index (χ1n) is 8.98. The summed E-state index contributed by atoms with van der Waals surface area (Å²) in [5, 5.41) is 0. The van der Waals surface area contributed by atoms with Gasteiger partial charge in [0.2, 0.25) is 0 Å². The van der Waals surface area contributed by atoms with Gasteiger partial charge in [-0.2, -0.15) is 0 Å². The van der Waals surface area contributed by atoms with Gasteiger partial charge in [-0.1, -0.05) is 84.3 Å². The van der Waals surface area contributed by atoms with E-state index in [0.29, 0.717) is 5.41 Å². The Morgan fingerprint density at radius 2 is 1.24 bits per heavy atom. The van der Waals surface area contributed by atoms with Gasteiger partial charge >= 0.3 is 0 Å². The molecule has 1 heteroatoms. The van der Waals surface area contributed by atoms with Crippen molar-refractivity contribution < 1.29 is 0 Å². The lowest BCUT2D eigenvalue weighted by molar-refractivity contribution is 0.365. The van der Waals surface area contributed by atoms with Crippen molar-refractivity contribution >= 4 is 5.69 Å². The number of nitrogens with two attached hydrogens (primary N) is 1. The summed E-state index contributed by atoms with van der Waals surface area (Å²) in [5.74, 6) is 0. The van der Waals surface area contributed by atoms with Crippen molar-refractivity contribution in [1.82, 2.24) is 0 Å². The number of anilines is 1. The van der Waals surface area contributed by atoms with Gasteiger partial charge in [-0.05, 0) is 36.0 Å². The van der Waals surface area contributed by atoms with Crippen LogP contribution in [0, 0.1) is 0 Å². The largest absolute Gasteiger partial charge is 0.399 e. The van der Waals surface area contributed by atoms with Crippen LogP contribution in [0.5, 0.6) is 0 Å². The Morgan fingerprint density at radius 3 is 1.81 bits per heavy atom. The van der Waals surface area contributed by atoms with Crippen LogP contribution in [0.2, 0.25) is 0 Å². The standard InChI is InChI=1S/C20H35N/c1-4-6-8-9-11-17-20(3,16-10-7-5-2)18-12-14-19(21)15-13-18/h12-15H,4-11,16-17,21H2,1-3H3. The lowest BCUT2D eigenvalue weighted by Gasteiger charge is -2.31. The molecule has 0 aliphatic rings. The smallest absolute Gasteiger partial charge is 0.0314 e. The lowest BCUT2D eigenvalue weighted by Crippen LogP contribution is -2.22. The van der Waals surface area contributed by atoms with E-state index < -0.39 is 0 Å². The van der Waals surface area contributed by atoms with Gasteiger partial charge < -0.3 is 5.73 Å². The Morgan fingerprint density at radius 1 is 0.762 bits per heavy atom. The van der Waals surface area contributed by atoms with Crippen molar-refractivity contribution in [3.8, 4) is 0 Å². The van der Waals surface area contributed by atoms with E-state index in [-0.39, 0.29) is 0 Å². The van der Waals surface area contributed by atoms with Crippen LogP contribution in [-0.2, 0) is 5.41 Å². The molecule has 1 rings (SSSR count). The molecule has 0 saturated carbocycles. The molecule has 0 amide bonds. The summed E-state index contributed by atoms with van der Waals surface area (Å²) in [6, 6.07) is 8.61. The highest BCUT2D eigenvalue weighted by atomic mass is 14.5. The van der Waals surface area contributed by atoms with Crippen molar-refractivity contribution in [1.29, 1.82) is 0 Å². The van der Waals surface area contributed by atoms with Crippen LogP contribution in [0.25, 0.3) is 0 Å². The zero-order valence-corrected chi connectivity index (χ0v) is 14.5. The zero-order valence-electron chi connectivity index (χ0n) is 14.5. The second-order valence-corrected chi connectivity index (χ2v) is 6.80. The maximum atomic E-state index is 5.85. The first-order valence-corrected chi connectivity index (χ1v) is 8.98. The van der Waals surface area contributed by atoms with Gasteiger partial charge in [-0.3, -0.25) is 0 Å². The zero-order chi connectivity index (χ0) is 15.6. The SMILES string of the molecule is CCCCCCCC(C)(CCCCC)c1ccc(N)cc1. The van der Waals surface area contributed by atoms with E-state index in [9.17, 15) is 0 Å². The summed E-state index contributed by atoms with van der Waals surface area (Å²) in [5.41, 5.74) is 8.52. The van der Waals surface area contributed by atoms with E-state index in [2.05, 4.69) is 45.0 Å². The molecule has 120 valence electrons. The Bertz CT molecular complexity index is 368. The van der Waals surface area contributed by atoms with Crippen LogP contribution in [0.3, 0.4) is 0 Å². The molecule has 0 heterocycles. The Balaban J connectivity index is 2.62. The lowest BCUT2D eigenvalue weighted by atomic mass is 9.74. The van der Waals surface area contributed by atoms with Crippen LogP contribution >= 0.6 is 0 Å². The second kappa shape index (κ2) is 9.87. The Labute approximate surface area is 132 Å². The number of benzene rings is 1. The minimum absolute atomic E-state index is 0.328. The molecule has 1 aromatic carbocycles. The fraction of sp³-hybridized carbons (Fsp3) is 0.700. The predicted molar refractivity (Wildman–Crippen MR) is 95.7 cm³/mol. The van der Waals surface area contributed by atoms with Gasteiger partial charge in [0.15, 0.2) is 0 Å². The van der Waals surface area contributed by atoms with Crippen molar-refractivity contribution in [2.45, 2.75) is 90.4 Å². The highest BCUT2D eigenvalue weighted by Gasteiger charge is 2.25. The number of unbranched alkanes of at least 4 members (excludes halogenated alkanes) is 6. The molecule has 0 saturated heterocycles. The second-order valence-electron chi connectivity index (χ2n) is 6.80. The van der Waals surface area contributed by atoms with E-state index in [4.69, 9.17) is 5.73 Å². The van der Waals surface area contributed by atoms with Gasteiger partial charge in [-0.15, -0.1) is 0 Å². The van der Waals surface area contributed by atoms with Gasteiger partial charge in [0.25, 0.3) is 0 Å². The fourth-order valence-corrected chi connectivity index (χ4v) is 3.18. The van der Waals surface area contributed by atoms with Crippen LogP contribution in [0.15, 0.2) is 24.3 Å². The van der Waals surface area contributed by atoms with E-state index >= 15 is 0 Å². The molecule has 0 aliphatic carbocycles. The van der Waals surface area contributed by atoms with Crippen molar-refractivity contribution in [2.24, 2.45) is 0 Å². The predicted octanol–water partition coefficient (Wildman–Crippen LogP) is 6.47. The Hall–Kier alpha value is -0.980. The van der Waals surface area contributed by atoms with E-state index in [1.165, 1.54) is 69.8 Å². The average Bonchev–Trinajstić information content (AvgIpc) is 2.48. The molecule has 1 nitrogen and oxygen atoms in total. The monoisotopic (exact) mass is 289 g/mol. The number of hydrogen-bond acceptors (Lipinski definition) is 1. The third-order valence-electron chi connectivity index (χ3n) is 4.77. The summed E-state index contributed by atoms with van der Waals surface area (Å²) in [6.45, 7) is 7.02. The molecule has 0 fully saturated rings. The highest BCUT2D eigenvalue weighted by molar-refractivity contribution is 5.41. The number of hydrogen-bond donors (Lipinski definition) is 1. The summed E-state index contributed by atoms with van der Waals surface area (Å²) < 4.78 is 0. The van der Waals surface area contributed by atoms with E-state index in [1.807, 2.05) is 0 Å². The van der Waals surface area contributed by atoms with Crippen LogP contribution < -0.4 is 5.73 Å². The molecule has 1 aromatic rings. The fourth-order valence-electron chi connectivity index (χ4n) is 3.18. The van der Waals surface area contributed by atoms with Gasteiger partial charge in [0, 0.05) is 5.69 Å². The van der Waals surface area contributed by atoms with Crippen molar-refractivity contribution in [2.75, 3.05) is 5.73 Å². The van der Waals surface area contributed by atoms with Crippen molar-refractivity contribution in [3.63, 3.8) is 0 Å². The first kappa shape index (κ1) is 18.1. The maximum Gasteiger partial charge on any atom is 0.0314 e. The molecule has 21 heavy (non-hydrogen) atoms. The molecule has 2 N–H and O–H groups in total. The normalized spacial score (nSPS) is 14.0. The van der Waals surface area contributed by atoms with E-state index in [0.717, 1.165) is 5.69 Å². The Kier molecular flexibility index (Phi) is 8.49. The third-order valence-corrected chi connectivity index (χ3v) is 4.77. The summed E-state index contributed by atoms with van der Waals surface area (Å²) in [7, 11) is 0. The molecule has 0 aliphatic heterocycles. The van der Waals surface area contributed by atoms with Gasteiger partial charge in [0.1, 0.15) is 0 Å².